The highest BCUT2D eigenvalue weighted by molar-refractivity contribution is 7.17. The van der Waals surface area contributed by atoms with Gasteiger partial charge in [-0.05, 0) is 59.2 Å². The molecule has 0 fully saturated rings. The normalized spacial score (nSPS) is 16.6. The molecule has 3 rings (SSSR count). The van der Waals surface area contributed by atoms with E-state index in [9.17, 15) is 9.59 Å². The van der Waals surface area contributed by atoms with E-state index in [1.165, 1.54) is 11.3 Å². The molecule has 2 N–H and O–H groups in total. The molecule has 168 valence electrons. The van der Waals surface area contributed by atoms with Gasteiger partial charge >= 0.3 is 5.97 Å². The molecule has 1 aromatic carbocycles. The quantitative estimate of drug-likeness (QED) is 0.629. The van der Waals surface area contributed by atoms with Crippen molar-refractivity contribution in [2.45, 2.75) is 58.7 Å². The summed E-state index contributed by atoms with van der Waals surface area (Å²) in [6, 6.07) is 10.0. The molecule has 0 saturated heterocycles. The van der Waals surface area contributed by atoms with E-state index in [-0.39, 0.29) is 29.5 Å². The first kappa shape index (κ1) is 23.4. The molecule has 1 amide bonds. The number of ether oxygens (including phenoxy) is 1. The maximum Gasteiger partial charge on any atom is 0.341 e. The molecule has 0 unspecified atom stereocenters. The third-order valence-corrected chi connectivity index (χ3v) is 6.76. The zero-order chi connectivity index (χ0) is 22.8. The van der Waals surface area contributed by atoms with Crippen LogP contribution in [0.1, 0.15) is 61.0 Å². The van der Waals surface area contributed by atoms with Crippen LogP contribution in [0.3, 0.4) is 0 Å². The standard InChI is InChI=1S/C24H33N3O3S/c1-7-30-22(29)19-17-13-23(2,3)26-24(4,5)20(17)31-21(19)25-18(28)15-27(6)14-16-11-9-8-10-12-16/h8-12,26H,7,13-15H2,1-6H3,(H,25,28). The van der Waals surface area contributed by atoms with Gasteiger partial charge in [0.05, 0.1) is 18.7 Å². The highest BCUT2D eigenvalue weighted by atomic mass is 32.1. The van der Waals surface area contributed by atoms with Gasteiger partial charge in [0.25, 0.3) is 0 Å². The molecule has 7 heteroatoms. The number of benzene rings is 1. The summed E-state index contributed by atoms with van der Waals surface area (Å²) < 4.78 is 5.36. The lowest BCUT2D eigenvalue weighted by Gasteiger charge is -2.42. The van der Waals surface area contributed by atoms with Crippen LogP contribution >= 0.6 is 11.3 Å². The highest BCUT2D eigenvalue weighted by Gasteiger charge is 2.42. The summed E-state index contributed by atoms with van der Waals surface area (Å²) in [6.07, 6.45) is 0.695. The molecule has 0 radical (unpaired) electrons. The van der Waals surface area contributed by atoms with Gasteiger partial charge in [0.1, 0.15) is 5.00 Å². The van der Waals surface area contributed by atoms with E-state index in [4.69, 9.17) is 4.74 Å². The Labute approximate surface area is 189 Å². The van der Waals surface area contributed by atoms with Gasteiger partial charge in [-0.15, -0.1) is 11.3 Å². The third kappa shape index (κ3) is 5.53. The SMILES string of the molecule is CCOC(=O)c1c(NC(=O)CN(C)Cc2ccccc2)sc2c1CC(C)(C)NC2(C)C. The second-order valence-electron chi connectivity index (χ2n) is 9.35. The lowest BCUT2D eigenvalue weighted by Crippen LogP contribution is -2.55. The number of rotatable bonds is 7. The minimum Gasteiger partial charge on any atom is -0.462 e. The van der Waals surface area contributed by atoms with Gasteiger partial charge in [-0.3, -0.25) is 9.69 Å². The summed E-state index contributed by atoms with van der Waals surface area (Å²) in [6.45, 7) is 11.5. The second kappa shape index (κ2) is 9.10. The molecule has 2 heterocycles. The van der Waals surface area contributed by atoms with Crippen molar-refractivity contribution in [1.29, 1.82) is 0 Å². The summed E-state index contributed by atoms with van der Waals surface area (Å²) >= 11 is 1.47. The zero-order valence-electron chi connectivity index (χ0n) is 19.3. The van der Waals surface area contributed by atoms with Crippen molar-refractivity contribution in [1.82, 2.24) is 10.2 Å². The van der Waals surface area contributed by atoms with Gasteiger partial charge in [-0.25, -0.2) is 4.79 Å². The molecule has 2 aromatic rings. The summed E-state index contributed by atoms with van der Waals surface area (Å²) in [5, 5.41) is 7.23. The molecule has 0 bridgehead atoms. The average Bonchev–Trinajstić information content (AvgIpc) is 2.99. The molecule has 31 heavy (non-hydrogen) atoms. The molecule has 6 nitrogen and oxygen atoms in total. The maximum absolute atomic E-state index is 12.9. The molecule has 0 aliphatic carbocycles. The minimum atomic E-state index is -0.374. The van der Waals surface area contributed by atoms with Crippen LogP contribution in [0.5, 0.6) is 0 Å². The second-order valence-corrected chi connectivity index (χ2v) is 10.4. The van der Waals surface area contributed by atoms with E-state index in [0.717, 1.165) is 16.0 Å². The Morgan fingerprint density at radius 3 is 2.52 bits per heavy atom. The first-order valence-electron chi connectivity index (χ1n) is 10.7. The van der Waals surface area contributed by atoms with Crippen LogP contribution in [0.15, 0.2) is 30.3 Å². The molecular weight excluding hydrogens is 410 g/mol. The van der Waals surface area contributed by atoms with E-state index < -0.39 is 0 Å². The Balaban J connectivity index is 1.84. The number of fused-ring (bicyclic) bond motifs is 1. The van der Waals surface area contributed by atoms with E-state index in [2.05, 4.69) is 38.3 Å². The number of amides is 1. The van der Waals surface area contributed by atoms with Gasteiger partial charge in [-0.1, -0.05) is 30.3 Å². The Bertz CT molecular complexity index is 950. The highest BCUT2D eigenvalue weighted by Crippen LogP contribution is 2.45. The van der Waals surface area contributed by atoms with Crippen LogP contribution in [0.25, 0.3) is 0 Å². The monoisotopic (exact) mass is 443 g/mol. The molecule has 1 aliphatic rings. The number of esters is 1. The Kier molecular flexibility index (Phi) is 6.88. The Morgan fingerprint density at radius 1 is 1.19 bits per heavy atom. The van der Waals surface area contributed by atoms with Gasteiger partial charge in [0, 0.05) is 22.5 Å². The van der Waals surface area contributed by atoms with Crippen LogP contribution in [-0.2, 0) is 28.0 Å². The van der Waals surface area contributed by atoms with Crippen molar-refractivity contribution in [2.75, 3.05) is 25.5 Å². The molecule has 1 aliphatic heterocycles. The largest absolute Gasteiger partial charge is 0.462 e. The molecule has 0 atom stereocenters. The Morgan fingerprint density at radius 2 is 1.87 bits per heavy atom. The molecule has 0 spiro atoms. The summed E-state index contributed by atoms with van der Waals surface area (Å²) in [4.78, 5) is 28.7. The summed E-state index contributed by atoms with van der Waals surface area (Å²) in [5.74, 6) is -0.519. The number of nitrogens with zero attached hydrogens (tertiary/aromatic N) is 1. The van der Waals surface area contributed by atoms with Crippen molar-refractivity contribution in [3.63, 3.8) is 0 Å². The van der Waals surface area contributed by atoms with E-state index in [1.54, 1.807) is 6.92 Å². The molecular formula is C24H33N3O3S. The summed E-state index contributed by atoms with van der Waals surface area (Å²) in [5.41, 5.74) is 2.15. The lowest BCUT2D eigenvalue weighted by atomic mass is 9.81. The van der Waals surface area contributed by atoms with Crippen molar-refractivity contribution in [2.24, 2.45) is 0 Å². The fourth-order valence-corrected chi connectivity index (χ4v) is 5.68. The van der Waals surface area contributed by atoms with Crippen molar-refractivity contribution >= 4 is 28.2 Å². The maximum atomic E-state index is 12.9. The van der Waals surface area contributed by atoms with Gasteiger partial charge in [-0.2, -0.15) is 0 Å². The zero-order valence-corrected chi connectivity index (χ0v) is 20.1. The number of anilines is 1. The number of likely N-dealkylation sites (N-methyl/N-ethyl adjacent to an activating group) is 1. The van der Waals surface area contributed by atoms with Crippen LogP contribution in [0.4, 0.5) is 5.00 Å². The number of carbonyl (C=O) groups is 2. The molecule has 0 saturated carbocycles. The van der Waals surface area contributed by atoms with Gasteiger partial charge in [0.2, 0.25) is 5.91 Å². The van der Waals surface area contributed by atoms with Crippen LogP contribution < -0.4 is 10.6 Å². The number of hydrogen-bond donors (Lipinski definition) is 2. The third-order valence-electron chi connectivity index (χ3n) is 5.29. The number of nitrogens with one attached hydrogen (secondary N) is 2. The average molecular weight is 444 g/mol. The van der Waals surface area contributed by atoms with Crippen LogP contribution in [0.2, 0.25) is 0 Å². The number of carbonyl (C=O) groups excluding carboxylic acids is 2. The van der Waals surface area contributed by atoms with Gasteiger partial charge < -0.3 is 15.4 Å². The van der Waals surface area contributed by atoms with Crippen molar-refractivity contribution in [3.05, 3.63) is 51.9 Å². The predicted molar refractivity (Wildman–Crippen MR) is 126 cm³/mol. The smallest absolute Gasteiger partial charge is 0.341 e. The van der Waals surface area contributed by atoms with Gasteiger partial charge in [0.15, 0.2) is 0 Å². The number of thiophene rings is 1. The number of hydrogen-bond acceptors (Lipinski definition) is 6. The lowest BCUT2D eigenvalue weighted by molar-refractivity contribution is -0.117. The van der Waals surface area contributed by atoms with E-state index in [0.29, 0.717) is 30.1 Å². The predicted octanol–water partition coefficient (Wildman–Crippen LogP) is 4.15. The first-order valence-corrected chi connectivity index (χ1v) is 11.5. The minimum absolute atomic E-state index is 0.146. The van der Waals surface area contributed by atoms with E-state index in [1.807, 2.05) is 42.3 Å². The van der Waals surface area contributed by atoms with Crippen LogP contribution in [-0.4, -0.2) is 42.5 Å². The fraction of sp³-hybridized carbons (Fsp3) is 0.500. The van der Waals surface area contributed by atoms with Crippen LogP contribution in [0, 0.1) is 0 Å². The van der Waals surface area contributed by atoms with E-state index >= 15 is 0 Å². The first-order chi connectivity index (χ1) is 14.5. The van der Waals surface area contributed by atoms with Crippen molar-refractivity contribution in [3.8, 4) is 0 Å². The molecule has 1 aromatic heterocycles. The Hall–Kier alpha value is -2.22. The topological polar surface area (TPSA) is 70.7 Å². The fourth-order valence-electron chi connectivity index (χ4n) is 4.40. The van der Waals surface area contributed by atoms with Crippen molar-refractivity contribution < 1.29 is 14.3 Å². The summed E-state index contributed by atoms with van der Waals surface area (Å²) in [7, 11) is 1.91.